The second-order valence-corrected chi connectivity index (χ2v) is 5.39. The highest BCUT2D eigenvalue weighted by molar-refractivity contribution is 5.95. The number of carbonyl (C=O) groups excluding carboxylic acids is 1. The Morgan fingerprint density at radius 1 is 1.33 bits per heavy atom. The summed E-state index contributed by atoms with van der Waals surface area (Å²) in [6.07, 6.45) is 3.33. The molecule has 1 aliphatic rings. The third kappa shape index (κ3) is 3.17. The van der Waals surface area contributed by atoms with Crippen molar-refractivity contribution in [3.05, 3.63) is 29.8 Å². The molecule has 21 heavy (non-hydrogen) atoms. The first-order valence-corrected chi connectivity index (χ1v) is 7.41. The fourth-order valence-corrected chi connectivity index (χ4v) is 2.83. The molecule has 1 N–H and O–H groups in total. The number of carboxylic acid groups (broad SMARTS) is 1. The van der Waals surface area contributed by atoms with Crippen molar-refractivity contribution in [1.82, 2.24) is 4.90 Å². The van der Waals surface area contributed by atoms with Crippen LogP contribution in [-0.4, -0.2) is 41.6 Å². The maximum absolute atomic E-state index is 12.7. The number of carbonyl (C=O) groups is 2. The van der Waals surface area contributed by atoms with E-state index in [0.29, 0.717) is 13.0 Å². The summed E-state index contributed by atoms with van der Waals surface area (Å²) < 4.78 is 0. The summed E-state index contributed by atoms with van der Waals surface area (Å²) >= 11 is 0. The summed E-state index contributed by atoms with van der Waals surface area (Å²) in [6.45, 7) is 2.41. The number of hydrogen-bond donors (Lipinski definition) is 1. The Morgan fingerprint density at radius 2 is 2.05 bits per heavy atom. The molecule has 0 aliphatic carbocycles. The van der Waals surface area contributed by atoms with Crippen LogP contribution < -0.4 is 4.90 Å². The molecule has 2 amide bonds. The summed E-state index contributed by atoms with van der Waals surface area (Å²) in [6, 6.07) is 6.84. The smallest absolute Gasteiger partial charge is 0.326 e. The predicted molar refractivity (Wildman–Crippen MR) is 81.6 cm³/mol. The van der Waals surface area contributed by atoms with Gasteiger partial charge in [-0.3, -0.25) is 4.90 Å². The lowest BCUT2D eigenvalue weighted by atomic mass is 10.1. The Morgan fingerprint density at radius 3 is 2.71 bits per heavy atom. The average molecular weight is 290 g/mol. The van der Waals surface area contributed by atoms with E-state index in [1.165, 1.54) is 4.90 Å². The van der Waals surface area contributed by atoms with E-state index >= 15 is 0 Å². The SMILES string of the molecule is CCC(C(=O)O)N(C)C(=O)N1CCCCc2ccccc21. The van der Waals surface area contributed by atoms with E-state index in [0.717, 1.165) is 30.5 Å². The maximum Gasteiger partial charge on any atom is 0.326 e. The van der Waals surface area contributed by atoms with Gasteiger partial charge in [-0.05, 0) is 37.3 Å². The number of anilines is 1. The lowest BCUT2D eigenvalue weighted by molar-refractivity contribution is -0.141. The van der Waals surface area contributed by atoms with Crippen molar-refractivity contribution in [1.29, 1.82) is 0 Å². The van der Waals surface area contributed by atoms with E-state index in [4.69, 9.17) is 0 Å². The van der Waals surface area contributed by atoms with Crippen LogP contribution in [0.2, 0.25) is 0 Å². The number of benzene rings is 1. The first kappa shape index (κ1) is 15.4. The maximum atomic E-state index is 12.7. The molecule has 1 aromatic rings. The second-order valence-electron chi connectivity index (χ2n) is 5.39. The van der Waals surface area contributed by atoms with Crippen LogP contribution in [0.3, 0.4) is 0 Å². The number of likely N-dealkylation sites (N-methyl/N-ethyl adjacent to an activating group) is 1. The van der Waals surface area contributed by atoms with Gasteiger partial charge in [0.05, 0.1) is 0 Å². The molecule has 1 aromatic carbocycles. The molecular weight excluding hydrogens is 268 g/mol. The van der Waals surface area contributed by atoms with Gasteiger partial charge in [0.25, 0.3) is 0 Å². The van der Waals surface area contributed by atoms with Gasteiger partial charge in [-0.15, -0.1) is 0 Å². The molecule has 0 bridgehead atoms. The van der Waals surface area contributed by atoms with Crippen molar-refractivity contribution in [2.45, 2.75) is 38.6 Å². The number of rotatable bonds is 3. The topological polar surface area (TPSA) is 60.9 Å². The summed E-state index contributed by atoms with van der Waals surface area (Å²) in [5.41, 5.74) is 2.06. The first-order valence-electron chi connectivity index (χ1n) is 7.41. The molecule has 1 aliphatic heterocycles. The van der Waals surface area contributed by atoms with Crippen LogP contribution in [0.1, 0.15) is 31.7 Å². The molecule has 114 valence electrons. The van der Waals surface area contributed by atoms with Crippen molar-refractivity contribution >= 4 is 17.7 Å². The van der Waals surface area contributed by atoms with Crippen molar-refractivity contribution < 1.29 is 14.7 Å². The zero-order chi connectivity index (χ0) is 15.4. The minimum absolute atomic E-state index is 0.237. The highest BCUT2D eigenvalue weighted by atomic mass is 16.4. The molecule has 5 nitrogen and oxygen atoms in total. The molecular formula is C16H22N2O3. The molecule has 0 saturated carbocycles. The number of aryl methyl sites for hydroxylation is 1. The average Bonchev–Trinajstić information content (AvgIpc) is 2.69. The minimum Gasteiger partial charge on any atom is -0.480 e. The molecule has 1 heterocycles. The number of urea groups is 1. The fraction of sp³-hybridized carbons (Fsp3) is 0.500. The van der Waals surface area contributed by atoms with Gasteiger partial charge >= 0.3 is 12.0 Å². The van der Waals surface area contributed by atoms with Crippen LogP contribution in [-0.2, 0) is 11.2 Å². The quantitative estimate of drug-likeness (QED) is 0.931. The molecule has 0 spiro atoms. The van der Waals surface area contributed by atoms with E-state index in [1.54, 1.807) is 18.9 Å². The van der Waals surface area contributed by atoms with Crippen molar-refractivity contribution in [3.8, 4) is 0 Å². The number of para-hydroxylation sites is 1. The van der Waals surface area contributed by atoms with Gasteiger partial charge in [-0.2, -0.15) is 0 Å². The largest absolute Gasteiger partial charge is 0.480 e. The number of nitrogens with zero attached hydrogens (tertiary/aromatic N) is 2. The Kier molecular flexibility index (Phi) is 4.83. The van der Waals surface area contributed by atoms with Gasteiger partial charge < -0.3 is 10.0 Å². The van der Waals surface area contributed by atoms with E-state index in [2.05, 4.69) is 0 Å². The van der Waals surface area contributed by atoms with E-state index < -0.39 is 12.0 Å². The van der Waals surface area contributed by atoms with Gasteiger partial charge in [0, 0.05) is 19.3 Å². The Hall–Kier alpha value is -2.04. The molecule has 0 radical (unpaired) electrons. The third-order valence-electron chi connectivity index (χ3n) is 4.03. The van der Waals surface area contributed by atoms with Gasteiger partial charge in [-0.1, -0.05) is 25.1 Å². The van der Waals surface area contributed by atoms with Gasteiger partial charge in [-0.25, -0.2) is 9.59 Å². The first-order chi connectivity index (χ1) is 10.1. The lowest BCUT2D eigenvalue weighted by Crippen LogP contribution is -2.49. The van der Waals surface area contributed by atoms with Crippen molar-refractivity contribution in [2.75, 3.05) is 18.5 Å². The van der Waals surface area contributed by atoms with Gasteiger partial charge in [0.2, 0.25) is 0 Å². The summed E-state index contributed by atoms with van der Waals surface area (Å²) in [5, 5.41) is 9.23. The third-order valence-corrected chi connectivity index (χ3v) is 4.03. The highest BCUT2D eigenvalue weighted by Gasteiger charge is 2.30. The zero-order valence-corrected chi connectivity index (χ0v) is 12.6. The normalized spacial score (nSPS) is 15.8. The number of hydrogen-bond acceptors (Lipinski definition) is 2. The monoisotopic (exact) mass is 290 g/mol. The molecule has 1 unspecified atom stereocenters. The molecule has 5 heteroatoms. The Labute approximate surface area is 125 Å². The van der Waals surface area contributed by atoms with Crippen LogP contribution in [0.5, 0.6) is 0 Å². The standard InChI is InChI=1S/C16H22N2O3/c1-3-13(15(19)20)17(2)16(21)18-11-7-6-9-12-8-4-5-10-14(12)18/h4-5,8,10,13H,3,6-7,9,11H2,1-2H3,(H,19,20). The molecule has 0 aromatic heterocycles. The molecule has 0 fully saturated rings. The van der Waals surface area contributed by atoms with Gasteiger partial charge in [0.15, 0.2) is 0 Å². The van der Waals surface area contributed by atoms with E-state index in [-0.39, 0.29) is 6.03 Å². The highest BCUT2D eigenvalue weighted by Crippen LogP contribution is 2.27. The number of carboxylic acids is 1. The molecule has 1 atom stereocenters. The molecule has 0 saturated heterocycles. The fourth-order valence-electron chi connectivity index (χ4n) is 2.83. The van der Waals surface area contributed by atoms with Crippen LogP contribution in [0.4, 0.5) is 10.5 Å². The number of fused-ring (bicyclic) bond motifs is 1. The van der Waals surface area contributed by atoms with Crippen molar-refractivity contribution in [3.63, 3.8) is 0 Å². The van der Waals surface area contributed by atoms with Crippen LogP contribution in [0, 0.1) is 0 Å². The van der Waals surface area contributed by atoms with E-state index in [9.17, 15) is 14.7 Å². The Balaban J connectivity index is 2.28. The van der Waals surface area contributed by atoms with Gasteiger partial charge in [0.1, 0.15) is 6.04 Å². The predicted octanol–water partition coefficient (Wildman–Crippen LogP) is 2.74. The minimum atomic E-state index is -0.962. The van der Waals surface area contributed by atoms with Crippen molar-refractivity contribution in [2.24, 2.45) is 0 Å². The summed E-state index contributed by atoms with van der Waals surface area (Å²) in [4.78, 5) is 27.0. The van der Waals surface area contributed by atoms with Crippen LogP contribution in [0.25, 0.3) is 0 Å². The van der Waals surface area contributed by atoms with Crippen LogP contribution in [0.15, 0.2) is 24.3 Å². The molecule has 2 rings (SSSR count). The lowest BCUT2D eigenvalue weighted by Gasteiger charge is -2.31. The number of amides is 2. The second kappa shape index (κ2) is 6.61. The number of aliphatic carboxylic acids is 1. The Bertz CT molecular complexity index is 530. The summed E-state index contributed by atoms with van der Waals surface area (Å²) in [7, 11) is 1.57. The van der Waals surface area contributed by atoms with E-state index in [1.807, 2.05) is 24.3 Å². The zero-order valence-electron chi connectivity index (χ0n) is 12.6. The van der Waals surface area contributed by atoms with Crippen LogP contribution >= 0.6 is 0 Å². The summed E-state index contributed by atoms with van der Waals surface area (Å²) in [5.74, 6) is -0.962.